The molecule has 1 N–H and O–H groups in total. The lowest BCUT2D eigenvalue weighted by Crippen LogP contribution is -2.41. The Morgan fingerprint density at radius 1 is 1.11 bits per heavy atom. The summed E-state index contributed by atoms with van der Waals surface area (Å²) in [6.07, 6.45) is -0.815. The van der Waals surface area contributed by atoms with E-state index < -0.39 is 29.3 Å². The number of rotatable bonds is 6. The molecule has 0 aliphatic carbocycles. The SMILES string of the molecule is Cc1nnc(NC(C)c2cccc(C(F)F)c2F)c2cc3c(cc12)C(C)(C)C(=O)N3CC1CCN(C)CC1. The summed E-state index contributed by atoms with van der Waals surface area (Å²) in [5.74, 6) is -0.00904. The molecule has 0 bridgehead atoms. The molecular weight excluding hydrogens is 491 g/mol. The summed E-state index contributed by atoms with van der Waals surface area (Å²) in [7, 11) is 2.12. The van der Waals surface area contributed by atoms with Crippen LogP contribution in [0.15, 0.2) is 30.3 Å². The number of likely N-dealkylation sites (tertiary alicyclic amines) is 1. The summed E-state index contributed by atoms with van der Waals surface area (Å²) in [5, 5.41) is 13.4. The number of halogens is 3. The van der Waals surface area contributed by atoms with Crippen molar-refractivity contribution in [1.82, 2.24) is 15.1 Å². The average molecular weight is 526 g/mol. The van der Waals surface area contributed by atoms with Gasteiger partial charge in [0.25, 0.3) is 6.43 Å². The lowest BCUT2D eigenvalue weighted by atomic mass is 9.85. The lowest BCUT2D eigenvalue weighted by Gasteiger charge is -2.32. The van der Waals surface area contributed by atoms with Crippen LogP contribution in [0, 0.1) is 18.7 Å². The molecule has 202 valence electrons. The molecule has 2 aromatic carbocycles. The Bertz CT molecular complexity index is 1380. The molecule has 9 heteroatoms. The molecule has 1 atom stereocenters. The highest BCUT2D eigenvalue weighted by Crippen LogP contribution is 2.45. The zero-order chi connectivity index (χ0) is 27.4. The van der Waals surface area contributed by atoms with Crippen LogP contribution in [0.25, 0.3) is 10.8 Å². The molecule has 1 unspecified atom stereocenters. The maximum atomic E-state index is 14.9. The number of nitrogens with zero attached hydrogens (tertiary/aromatic N) is 4. The van der Waals surface area contributed by atoms with Gasteiger partial charge in [-0.15, -0.1) is 5.10 Å². The van der Waals surface area contributed by atoms with E-state index in [2.05, 4.69) is 27.5 Å². The highest BCUT2D eigenvalue weighted by atomic mass is 19.3. The maximum Gasteiger partial charge on any atom is 0.266 e. The van der Waals surface area contributed by atoms with Gasteiger partial charge in [-0.05, 0) is 84.3 Å². The highest BCUT2D eigenvalue weighted by molar-refractivity contribution is 6.11. The number of amides is 1. The normalized spacial score (nSPS) is 18.9. The van der Waals surface area contributed by atoms with Crippen LogP contribution in [-0.2, 0) is 10.2 Å². The Labute approximate surface area is 221 Å². The van der Waals surface area contributed by atoms with Crippen molar-refractivity contribution in [2.45, 2.75) is 58.4 Å². The predicted octanol–water partition coefficient (Wildman–Crippen LogP) is 6.15. The van der Waals surface area contributed by atoms with Gasteiger partial charge >= 0.3 is 0 Å². The third kappa shape index (κ3) is 4.51. The monoisotopic (exact) mass is 525 g/mol. The molecular formula is C29H34F3N5O. The van der Waals surface area contributed by atoms with E-state index in [4.69, 9.17) is 0 Å². The Morgan fingerprint density at radius 3 is 2.47 bits per heavy atom. The second-order valence-electron chi connectivity index (χ2n) is 11.3. The molecule has 2 aliphatic rings. The van der Waals surface area contributed by atoms with Crippen LogP contribution >= 0.6 is 0 Å². The van der Waals surface area contributed by atoms with Crippen molar-refractivity contribution < 1.29 is 18.0 Å². The molecule has 0 spiro atoms. The summed E-state index contributed by atoms with van der Waals surface area (Å²) in [6.45, 7) is 10.2. The number of aromatic nitrogens is 2. The summed E-state index contributed by atoms with van der Waals surface area (Å²) in [5.41, 5.74) is 1.35. The first-order chi connectivity index (χ1) is 18.0. The summed E-state index contributed by atoms with van der Waals surface area (Å²) in [6, 6.07) is 7.38. The van der Waals surface area contributed by atoms with E-state index in [-0.39, 0.29) is 11.5 Å². The van der Waals surface area contributed by atoms with E-state index in [9.17, 15) is 18.0 Å². The van der Waals surface area contributed by atoms with E-state index in [1.807, 2.05) is 37.8 Å². The van der Waals surface area contributed by atoms with Crippen LogP contribution in [-0.4, -0.2) is 47.7 Å². The van der Waals surface area contributed by atoms with Crippen LogP contribution in [0.3, 0.4) is 0 Å². The van der Waals surface area contributed by atoms with Gasteiger partial charge in [-0.25, -0.2) is 13.2 Å². The van der Waals surface area contributed by atoms with Crippen molar-refractivity contribution in [3.8, 4) is 0 Å². The molecule has 3 aromatic rings. The Hall–Kier alpha value is -3.20. The number of nitrogens with one attached hydrogen (secondary N) is 1. The Morgan fingerprint density at radius 2 is 1.79 bits per heavy atom. The minimum Gasteiger partial charge on any atom is -0.361 e. The average Bonchev–Trinajstić information content (AvgIpc) is 3.06. The van der Waals surface area contributed by atoms with E-state index in [1.54, 1.807) is 6.92 Å². The van der Waals surface area contributed by atoms with Gasteiger partial charge in [0.05, 0.1) is 22.7 Å². The largest absolute Gasteiger partial charge is 0.361 e. The Kier molecular flexibility index (Phi) is 6.84. The number of hydrogen-bond acceptors (Lipinski definition) is 5. The molecule has 1 saturated heterocycles. The molecule has 2 aliphatic heterocycles. The van der Waals surface area contributed by atoms with Gasteiger partial charge in [-0.3, -0.25) is 4.79 Å². The van der Waals surface area contributed by atoms with Crippen LogP contribution in [0.2, 0.25) is 0 Å². The summed E-state index contributed by atoms with van der Waals surface area (Å²) < 4.78 is 41.4. The number of benzene rings is 2. The van der Waals surface area contributed by atoms with E-state index in [0.717, 1.165) is 54.0 Å². The first kappa shape index (κ1) is 26.4. The molecule has 5 rings (SSSR count). The molecule has 0 saturated carbocycles. The van der Waals surface area contributed by atoms with Gasteiger partial charge in [0.2, 0.25) is 5.91 Å². The second-order valence-corrected chi connectivity index (χ2v) is 11.3. The van der Waals surface area contributed by atoms with Crippen LogP contribution in [0.4, 0.5) is 24.7 Å². The predicted molar refractivity (Wildman–Crippen MR) is 143 cm³/mol. The number of carbonyl (C=O) groups is 1. The molecule has 1 aromatic heterocycles. The van der Waals surface area contributed by atoms with E-state index in [1.165, 1.54) is 12.1 Å². The number of aryl methyl sites for hydroxylation is 1. The lowest BCUT2D eigenvalue weighted by molar-refractivity contribution is -0.122. The number of carbonyl (C=O) groups excluding carboxylic acids is 1. The standard InChI is InChI=1S/C29H34F3N5O/c1-16(19-7-6-8-20(25(19)30)26(31)32)33-27-22-14-24-23(13-21(22)17(2)34-35-27)29(3,4)28(38)37(24)15-18-9-11-36(5)12-10-18/h6-8,13-14,16,18,26H,9-12,15H2,1-5H3,(H,33,35). The quantitative estimate of drug-likeness (QED) is 0.418. The highest BCUT2D eigenvalue weighted by Gasteiger charge is 2.45. The van der Waals surface area contributed by atoms with Gasteiger partial charge in [0.1, 0.15) is 5.82 Å². The molecule has 38 heavy (non-hydrogen) atoms. The van der Waals surface area contributed by atoms with Crippen molar-refractivity contribution in [1.29, 1.82) is 0 Å². The number of alkyl halides is 2. The first-order valence-electron chi connectivity index (χ1n) is 13.1. The van der Waals surface area contributed by atoms with Crippen LogP contribution in [0.5, 0.6) is 0 Å². The Balaban J connectivity index is 1.54. The van der Waals surface area contributed by atoms with Gasteiger partial charge < -0.3 is 15.1 Å². The van der Waals surface area contributed by atoms with Crippen molar-refractivity contribution in [2.75, 3.05) is 36.9 Å². The zero-order valence-electron chi connectivity index (χ0n) is 22.5. The number of anilines is 2. The van der Waals surface area contributed by atoms with Crippen molar-refractivity contribution >= 4 is 28.2 Å². The minimum absolute atomic E-state index is 0.0778. The van der Waals surface area contributed by atoms with Gasteiger partial charge in [-0.1, -0.05) is 18.2 Å². The van der Waals surface area contributed by atoms with Gasteiger partial charge in [0, 0.05) is 28.6 Å². The molecule has 1 amide bonds. The maximum absolute atomic E-state index is 14.9. The third-order valence-electron chi connectivity index (χ3n) is 8.22. The fourth-order valence-electron chi connectivity index (χ4n) is 5.75. The second kappa shape index (κ2) is 9.84. The molecule has 6 nitrogen and oxygen atoms in total. The van der Waals surface area contributed by atoms with Gasteiger partial charge in [-0.2, -0.15) is 5.10 Å². The van der Waals surface area contributed by atoms with Crippen molar-refractivity contribution in [3.63, 3.8) is 0 Å². The van der Waals surface area contributed by atoms with Crippen LogP contribution in [0.1, 0.15) is 68.5 Å². The molecule has 0 radical (unpaired) electrons. The van der Waals surface area contributed by atoms with Crippen LogP contribution < -0.4 is 10.2 Å². The first-order valence-corrected chi connectivity index (χ1v) is 13.1. The summed E-state index contributed by atoms with van der Waals surface area (Å²) in [4.78, 5) is 17.9. The molecule has 1 fully saturated rings. The van der Waals surface area contributed by atoms with E-state index in [0.29, 0.717) is 24.0 Å². The number of piperidine rings is 1. The van der Waals surface area contributed by atoms with E-state index >= 15 is 0 Å². The van der Waals surface area contributed by atoms with Crippen molar-refractivity contribution in [3.05, 3.63) is 58.5 Å². The topological polar surface area (TPSA) is 61.4 Å². The summed E-state index contributed by atoms with van der Waals surface area (Å²) >= 11 is 0. The fraction of sp³-hybridized carbons (Fsp3) is 0.483. The smallest absolute Gasteiger partial charge is 0.266 e. The number of fused-ring (bicyclic) bond motifs is 2. The number of hydrogen-bond donors (Lipinski definition) is 1. The minimum atomic E-state index is -2.90. The zero-order valence-corrected chi connectivity index (χ0v) is 22.5. The fourth-order valence-corrected chi connectivity index (χ4v) is 5.75. The molecule has 3 heterocycles. The van der Waals surface area contributed by atoms with Gasteiger partial charge in [0.15, 0.2) is 5.82 Å². The third-order valence-corrected chi connectivity index (χ3v) is 8.22. The van der Waals surface area contributed by atoms with Crippen molar-refractivity contribution in [2.24, 2.45) is 5.92 Å².